The molecule has 1 saturated heterocycles. The monoisotopic (exact) mass is 274 g/mol. The highest BCUT2D eigenvalue weighted by Crippen LogP contribution is 2.31. The van der Waals surface area contributed by atoms with Gasteiger partial charge in [-0.2, -0.15) is 0 Å². The van der Waals surface area contributed by atoms with Crippen LogP contribution in [-0.2, 0) is 9.53 Å². The minimum absolute atomic E-state index is 0.0607. The lowest BCUT2D eigenvalue weighted by molar-refractivity contribution is -0.134. The summed E-state index contributed by atoms with van der Waals surface area (Å²) in [5.74, 6) is 0.535. The van der Waals surface area contributed by atoms with Crippen LogP contribution in [0, 0.1) is 5.92 Å². The molecule has 3 rings (SSSR count). The second-order valence-corrected chi connectivity index (χ2v) is 5.84. The van der Waals surface area contributed by atoms with E-state index in [0.717, 1.165) is 44.6 Å². The first kappa shape index (κ1) is 13.6. The number of carbonyl (C=O) groups is 1. The predicted octanol–water partition coefficient (Wildman–Crippen LogP) is 1.71. The number of amides is 1. The molecule has 1 aliphatic carbocycles. The van der Waals surface area contributed by atoms with Crippen LogP contribution in [-0.4, -0.2) is 36.6 Å². The first-order chi connectivity index (χ1) is 9.75. The highest BCUT2D eigenvalue weighted by molar-refractivity contribution is 5.83. The highest BCUT2D eigenvalue weighted by atomic mass is 16.5. The fourth-order valence-electron chi connectivity index (χ4n) is 2.79. The van der Waals surface area contributed by atoms with Gasteiger partial charge in [-0.1, -0.05) is 30.3 Å². The number of carbonyl (C=O) groups excluding carboxylic acids is 1. The number of benzene rings is 1. The standard InChI is InChI=1S/C16H22N2O2/c17-15(13-4-2-1-3-5-13)16(19)18(14-6-7-14)10-12-8-9-20-11-12/h1-5,12,14-15H,6-11,17H2. The molecule has 1 aliphatic heterocycles. The molecule has 2 fully saturated rings. The van der Waals surface area contributed by atoms with Crippen molar-refractivity contribution in [3.05, 3.63) is 35.9 Å². The van der Waals surface area contributed by atoms with Crippen molar-refractivity contribution >= 4 is 5.91 Å². The van der Waals surface area contributed by atoms with Crippen molar-refractivity contribution < 1.29 is 9.53 Å². The van der Waals surface area contributed by atoms with E-state index in [0.29, 0.717) is 12.0 Å². The summed E-state index contributed by atoms with van der Waals surface area (Å²) in [7, 11) is 0. The maximum atomic E-state index is 12.7. The molecule has 1 amide bonds. The summed E-state index contributed by atoms with van der Waals surface area (Å²) in [5.41, 5.74) is 7.05. The van der Waals surface area contributed by atoms with Crippen LogP contribution in [0.25, 0.3) is 0 Å². The second-order valence-electron chi connectivity index (χ2n) is 5.84. The normalized spacial score (nSPS) is 23.6. The number of nitrogens with zero attached hydrogens (tertiary/aromatic N) is 1. The van der Waals surface area contributed by atoms with Gasteiger partial charge in [0.25, 0.3) is 0 Å². The summed E-state index contributed by atoms with van der Waals surface area (Å²) in [6, 6.07) is 9.49. The maximum absolute atomic E-state index is 12.7. The molecule has 4 nitrogen and oxygen atoms in total. The lowest BCUT2D eigenvalue weighted by Gasteiger charge is -2.28. The fourth-order valence-corrected chi connectivity index (χ4v) is 2.79. The van der Waals surface area contributed by atoms with E-state index in [1.165, 1.54) is 0 Å². The van der Waals surface area contributed by atoms with E-state index >= 15 is 0 Å². The Morgan fingerprint density at radius 1 is 1.30 bits per heavy atom. The maximum Gasteiger partial charge on any atom is 0.244 e. The van der Waals surface area contributed by atoms with Gasteiger partial charge in [0.1, 0.15) is 6.04 Å². The van der Waals surface area contributed by atoms with Crippen molar-refractivity contribution in [2.24, 2.45) is 11.7 Å². The van der Waals surface area contributed by atoms with Gasteiger partial charge < -0.3 is 15.4 Å². The lowest BCUT2D eigenvalue weighted by atomic mass is 10.0. The summed E-state index contributed by atoms with van der Waals surface area (Å²) in [4.78, 5) is 14.7. The van der Waals surface area contributed by atoms with E-state index in [2.05, 4.69) is 0 Å². The fraction of sp³-hybridized carbons (Fsp3) is 0.562. The summed E-state index contributed by atoms with van der Waals surface area (Å²) < 4.78 is 5.41. The molecule has 20 heavy (non-hydrogen) atoms. The van der Waals surface area contributed by atoms with Crippen molar-refractivity contribution in [1.29, 1.82) is 0 Å². The highest BCUT2D eigenvalue weighted by Gasteiger charge is 2.36. The van der Waals surface area contributed by atoms with E-state index in [9.17, 15) is 4.79 Å². The zero-order valence-electron chi connectivity index (χ0n) is 11.7. The lowest BCUT2D eigenvalue weighted by Crippen LogP contribution is -2.42. The van der Waals surface area contributed by atoms with E-state index < -0.39 is 6.04 Å². The van der Waals surface area contributed by atoms with Gasteiger partial charge in [0.2, 0.25) is 5.91 Å². The van der Waals surface area contributed by atoms with Crippen LogP contribution in [0.1, 0.15) is 30.9 Å². The van der Waals surface area contributed by atoms with Crippen LogP contribution >= 0.6 is 0 Å². The van der Waals surface area contributed by atoms with Crippen LogP contribution in [0.4, 0.5) is 0 Å². The van der Waals surface area contributed by atoms with Crippen LogP contribution in [0.2, 0.25) is 0 Å². The Balaban J connectivity index is 1.68. The summed E-state index contributed by atoms with van der Waals surface area (Å²) in [5, 5.41) is 0. The first-order valence-electron chi connectivity index (χ1n) is 7.44. The third-order valence-corrected chi connectivity index (χ3v) is 4.17. The predicted molar refractivity (Wildman–Crippen MR) is 77.0 cm³/mol. The molecule has 0 radical (unpaired) electrons. The number of nitrogens with two attached hydrogens (primary N) is 1. The molecule has 4 heteroatoms. The van der Waals surface area contributed by atoms with Gasteiger partial charge in [0, 0.05) is 25.1 Å². The molecule has 1 heterocycles. The molecule has 0 aromatic heterocycles. The molecule has 2 atom stereocenters. The Hall–Kier alpha value is -1.39. The van der Waals surface area contributed by atoms with Crippen LogP contribution in [0.3, 0.4) is 0 Å². The van der Waals surface area contributed by atoms with Crippen LogP contribution < -0.4 is 5.73 Å². The molecule has 108 valence electrons. The van der Waals surface area contributed by atoms with Crippen LogP contribution in [0.5, 0.6) is 0 Å². The van der Waals surface area contributed by atoms with Crippen molar-refractivity contribution in [1.82, 2.24) is 4.90 Å². The van der Waals surface area contributed by atoms with E-state index in [4.69, 9.17) is 10.5 Å². The summed E-state index contributed by atoms with van der Waals surface area (Å²) in [6.07, 6.45) is 3.28. The smallest absolute Gasteiger partial charge is 0.244 e. The molecule has 0 spiro atoms. The Bertz CT molecular complexity index is 453. The number of rotatable bonds is 5. The number of hydrogen-bond acceptors (Lipinski definition) is 3. The van der Waals surface area contributed by atoms with Gasteiger partial charge in [0.15, 0.2) is 0 Å². The van der Waals surface area contributed by atoms with Crippen molar-refractivity contribution in [2.45, 2.75) is 31.3 Å². The van der Waals surface area contributed by atoms with Gasteiger partial charge >= 0.3 is 0 Å². The number of hydrogen-bond donors (Lipinski definition) is 1. The summed E-state index contributed by atoms with van der Waals surface area (Å²) >= 11 is 0. The third-order valence-electron chi connectivity index (χ3n) is 4.17. The molecular formula is C16H22N2O2. The van der Waals surface area contributed by atoms with Gasteiger partial charge in [-0.15, -0.1) is 0 Å². The zero-order valence-corrected chi connectivity index (χ0v) is 11.7. The number of ether oxygens (including phenoxy) is 1. The van der Waals surface area contributed by atoms with Crippen molar-refractivity contribution in [3.8, 4) is 0 Å². The van der Waals surface area contributed by atoms with Gasteiger partial charge in [-0.25, -0.2) is 0 Å². The van der Waals surface area contributed by atoms with E-state index in [-0.39, 0.29) is 5.91 Å². The topological polar surface area (TPSA) is 55.6 Å². The third kappa shape index (κ3) is 3.02. The van der Waals surface area contributed by atoms with E-state index in [1.54, 1.807) is 0 Å². The van der Waals surface area contributed by atoms with Gasteiger partial charge in [-0.05, 0) is 24.8 Å². The Morgan fingerprint density at radius 3 is 2.65 bits per heavy atom. The quantitative estimate of drug-likeness (QED) is 0.889. The molecular weight excluding hydrogens is 252 g/mol. The summed E-state index contributed by atoms with van der Waals surface area (Å²) in [6.45, 7) is 2.39. The molecule has 2 N–H and O–H groups in total. The van der Waals surface area contributed by atoms with Crippen molar-refractivity contribution in [3.63, 3.8) is 0 Å². The Morgan fingerprint density at radius 2 is 2.05 bits per heavy atom. The first-order valence-corrected chi connectivity index (χ1v) is 7.44. The van der Waals surface area contributed by atoms with Gasteiger partial charge in [0.05, 0.1) is 6.61 Å². The Labute approximate surface area is 119 Å². The molecule has 1 saturated carbocycles. The average Bonchev–Trinajstić information content (AvgIpc) is 3.21. The SMILES string of the molecule is NC(C(=O)N(CC1CCOC1)C1CC1)c1ccccc1. The second kappa shape index (κ2) is 5.94. The zero-order chi connectivity index (χ0) is 13.9. The van der Waals surface area contributed by atoms with Crippen molar-refractivity contribution in [2.75, 3.05) is 19.8 Å². The van der Waals surface area contributed by atoms with Gasteiger partial charge in [-0.3, -0.25) is 4.79 Å². The molecule has 2 unspecified atom stereocenters. The molecule has 0 bridgehead atoms. The largest absolute Gasteiger partial charge is 0.381 e. The minimum atomic E-state index is -0.542. The Kier molecular flexibility index (Phi) is 4.03. The molecule has 1 aromatic carbocycles. The average molecular weight is 274 g/mol. The molecule has 1 aromatic rings. The minimum Gasteiger partial charge on any atom is -0.381 e. The van der Waals surface area contributed by atoms with E-state index in [1.807, 2.05) is 35.2 Å². The van der Waals surface area contributed by atoms with Crippen LogP contribution in [0.15, 0.2) is 30.3 Å². The molecule has 2 aliphatic rings.